The molecule has 23 heavy (non-hydrogen) atoms. The van der Waals surface area contributed by atoms with Crippen molar-refractivity contribution in [2.24, 2.45) is 7.05 Å². The maximum Gasteiger partial charge on any atom is 0.241 e. The monoisotopic (exact) mass is 367 g/mol. The molecule has 1 aliphatic heterocycles. The number of morpholine rings is 1. The lowest BCUT2D eigenvalue weighted by atomic mass is 10.1. The summed E-state index contributed by atoms with van der Waals surface area (Å²) < 4.78 is 7.04. The van der Waals surface area contributed by atoms with Gasteiger partial charge in [-0.3, -0.25) is 14.4 Å². The van der Waals surface area contributed by atoms with Gasteiger partial charge in [-0.2, -0.15) is 5.10 Å². The molecule has 0 bridgehead atoms. The molecule has 0 saturated carbocycles. The Morgan fingerprint density at radius 3 is 2.57 bits per heavy atom. The van der Waals surface area contributed by atoms with Crippen LogP contribution in [0, 0.1) is 0 Å². The van der Waals surface area contributed by atoms with Crippen LogP contribution in [0.4, 0.5) is 0 Å². The largest absolute Gasteiger partial charge is 0.379 e. The van der Waals surface area contributed by atoms with Crippen molar-refractivity contribution < 1.29 is 9.53 Å². The quantitative estimate of drug-likeness (QED) is 0.759. The zero-order chi connectivity index (χ0) is 15.2. The van der Waals surface area contributed by atoms with E-state index in [0.29, 0.717) is 12.6 Å². The summed E-state index contributed by atoms with van der Waals surface area (Å²) in [6.07, 6.45) is 3.57. The summed E-state index contributed by atoms with van der Waals surface area (Å²) in [6, 6.07) is -0.0557. The number of nitrogens with one attached hydrogen (secondary N) is 2. The molecule has 0 aromatic carbocycles. The Kier molecular flexibility index (Phi) is 10.4. The molecule has 1 fully saturated rings. The van der Waals surface area contributed by atoms with Gasteiger partial charge in [-0.1, -0.05) is 0 Å². The molecule has 0 aliphatic carbocycles. The molecular weight excluding hydrogens is 341 g/mol. The summed E-state index contributed by atoms with van der Waals surface area (Å²) in [4.78, 5) is 14.7. The highest BCUT2D eigenvalue weighted by Gasteiger charge is 2.22. The van der Waals surface area contributed by atoms with Crippen LogP contribution in [0.25, 0.3) is 0 Å². The van der Waals surface area contributed by atoms with Crippen LogP contribution in [0.5, 0.6) is 0 Å². The van der Waals surface area contributed by atoms with Crippen molar-refractivity contribution in [1.82, 2.24) is 25.3 Å². The highest BCUT2D eigenvalue weighted by Crippen LogP contribution is 2.11. The highest BCUT2D eigenvalue weighted by molar-refractivity contribution is 5.85. The zero-order valence-corrected chi connectivity index (χ0v) is 15.5. The van der Waals surface area contributed by atoms with Gasteiger partial charge >= 0.3 is 0 Å². The van der Waals surface area contributed by atoms with Crippen molar-refractivity contribution >= 4 is 30.7 Å². The number of carbonyl (C=O) groups is 1. The molecule has 7 nitrogen and oxygen atoms in total. The van der Waals surface area contributed by atoms with Gasteiger partial charge in [0.2, 0.25) is 5.91 Å². The third-order valence-corrected chi connectivity index (χ3v) is 3.85. The first-order valence-electron chi connectivity index (χ1n) is 7.37. The predicted octanol–water partition coefficient (Wildman–Crippen LogP) is 0.361. The van der Waals surface area contributed by atoms with Gasteiger partial charge < -0.3 is 15.4 Å². The Morgan fingerprint density at radius 1 is 1.39 bits per heavy atom. The van der Waals surface area contributed by atoms with Gasteiger partial charge in [-0.25, -0.2) is 0 Å². The molecule has 1 aliphatic rings. The van der Waals surface area contributed by atoms with E-state index in [1.54, 1.807) is 17.9 Å². The fourth-order valence-electron chi connectivity index (χ4n) is 2.54. The highest BCUT2D eigenvalue weighted by atomic mass is 35.5. The Bertz CT molecular complexity index is 466. The number of halogens is 2. The van der Waals surface area contributed by atoms with Crippen molar-refractivity contribution in [2.75, 3.05) is 39.9 Å². The molecule has 2 heterocycles. The molecule has 1 aromatic heterocycles. The van der Waals surface area contributed by atoms with Crippen LogP contribution in [-0.2, 0) is 16.6 Å². The lowest BCUT2D eigenvalue weighted by Gasteiger charge is -2.32. The van der Waals surface area contributed by atoms with Crippen molar-refractivity contribution in [2.45, 2.75) is 19.0 Å². The van der Waals surface area contributed by atoms with Gasteiger partial charge in [-0.15, -0.1) is 24.8 Å². The minimum Gasteiger partial charge on any atom is -0.379 e. The second-order valence-electron chi connectivity index (χ2n) is 5.41. The van der Waals surface area contributed by atoms with E-state index in [4.69, 9.17) is 4.74 Å². The number of amides is 1. The molecule has 1 saturated heterocycles. The van der Waals surface area contributed by atoms with E-state index < -0.39 is 0 Å². The average Bonchev–Trinajstić information content (AvgIpc) is 2.92. The molecule has 9 heteroatoms. The fraction of sp³-hybridized carbons (Fsp3) is 0.714. The zero-order valence-electron chi connectivity index (χ0n) is 13.8. The minimum atomic E-state index is -0.365. The van der Waals surface area contributed by atoms with E-state index >= 15 is 0 Å². The van der Waals surface area contributed by atoms with E-state index in [1.165, 1.54) is 0 Å². The van der Waals surface area contributed by atoms with Gasteiger partial charge in [0.25, 0.3) is 0 Å². The van der Waals surface area contributed by atoms with E-state index in [0.717, 1.165) is 31.9 Å². The molecule has 1 aromatic rings. The van der Waals surface area contributed by atoms with Crippen LogP contribution >= 0.6 is 24.8 Å². The summed E-state index contributed by atoms with van der Waals surface area (Å²) in [5.41, 5.74) is 0.872. The summed E-state index contributed by atoms with van der Waals surface area (Å²) in [5, 5.41) is 10.2. The third kappa shape index (κ3) is 6.27. The normalized spacial score (nSPS) is 17.5. The molecule has 134 valence electrons. The summed E-state index contributed by atoms with van der Waals surface area (Å²) in [5.74, 6) is -0.0226. The van der Waals surface area contributed by atoms with Crippen molar-refractivity contribution in [3.8, 4) is 0 Å². The van der Waals surface area contributed by atoms with Gasteiger partial charge in [0.15, 0.2) is 0 Å². The van der Waals surface area contributed by atoms with E-state index in [1.807, 2.05) is 13.2 Å². The van der Waals surface area contributed by atoms with Gasteiger partial charge in [0, 0.05) is 44.5 Å². The molecule has 2 unspecified atom stereocenters. The number of likely N-dealkylation sites (N-methyl/N-ethyl adjacent to an activating group) is 1. The van der Waals surface area contributed by atoms with Crippen LogP contribution < -0.4 is 10.6 Å². The number of rotatable bonds is 6. The van der Waals surface area contributed by atoms with E-state index in [-0.39, 0.29) is 36.8 Å². The molecular formula is C14H27Cl2N5O2. The van der Waals surface area contributed by atoms with Crippen LogP contribution in [0.3, 0.4) is 0 Å². The molecule has 0 spiro atoms. The Hall–Kier alpha value is -0.860. The maximum absolute atomic E-state index is 12.3. The predicted molar refractivity (Wildman–Crippen MR) is 94.4 cm³/mol. The Balaban J connectivity index is 0.00000242. The SMILES string of the molecule is CNC(C(=O)NCC(C)N1CCOCC1)c1cnn(C)c1.Cl.Cl. The number of hydrogen-bond acceptors (Lipinski definition) is 5. The molecule has 2 rings (SSSR count). The van der Waals surface area contributed by atoms with Crippen molar-refractivity contribution in [3.05, 3.63) is 18.0 Å². The smallest absolute Gasteiger partial charge is 0.241 e. The average molecular weight is 368 g/mol. The lowest BCUT2D eigenvalue weighted by molar-refractivity contribution is -0.123. The van der Waals surface area contributed by atoms with Crippen LogP contribution in [0.15, 0.2) is 12.4 Å². The van der Waals surface area contributed by atoms with E-state index in [9.17, 15) is 4.79 Å². The van der Waals surface area contributed by atoms with Gasteiger partial charge in [-0.05, 0) is 14.0 Å². The van der Waals surface area contributed by atoms with Crippen LogP contribution in [0.2, 0.25) is 0 Å². The number of hydrogen-bond donors (Lipinski definition) is 2. The van der Waals surface area contributed by atoms with Crippen molar-refractivity contribution in [1.29, 1.82) is 0 Å². The molecule has 2 atom stereocenters. The first-order chi connectivity index (χ1) is 10.1. The molecule has 1 amide bonds. The number of carbonyl (C=O) groups excluding carboxylic acids is 1. The Labute approximate surface area is 149 Å². The van der Waals surface area contributed by atoms with E-state index in [2.05, 4.69) is 27.6 Å². The molecule has 2 N–H and O–H groups in total. The second kappa shape index (κ2) is 10.8. The standard InChI is InChI=1S/C14H25N5O2.2ClH/c1-11(19-4-6-21-7-5-19)8-16-14(20)13(15-2)12-9-17-18(3)10-12;;/h9-11,13,15H,4-8H2,1-3H3,(H,16,20);2*1H. The number of aromatic nitrogens is 2. The second-order valence-corrected chi connectivity index (χ2v) is 5.41. The number of ether oxygens (including phenoxy) is 1. The molecule has 0 radical (unpaired) electrons. The minimum absolute atomic E-state index is 0. The maximum atomic E-state index is 12.3. The third-order valence-electron chi connectivity index (χ3n) is 3.85. The lowest BCUT2D eigenvalue weighted by Crippen LogP contribution is -2.48. The van der Waals surface area contributed by atoms with Gasteiger partial charge in [0.1, 0.15) is 6.04 Å². The number of aryl methyl sites for hydroxylation is 1. The summed E-state index contributed by atoms with van der Waals surface area (Å²) in [7, 11) is 3.62. The topological polar surface area (TPSA) is 71.4 Å². The van der Waals surface area contributed by atoms with Crippen LogP contribution in [-0.4, -0.2) is 66.5 Å². The first-order valence-corrected chi connectivity index (χ1v) is 7.37. The van der Waals surface area contributed by atoms with Crippen molar-refractivity contribution in [3.63, 3.8) is 0 Å². The Morgan fingerprint density at radius 2 is 2.04 bits per heavy atom. The summed E-state index contributed by atoms with van der Waals surface area (Å²) in [6.45, 7) is 6.16. The fourth-order valence-corrected chi connectivity index (χ4v) is 2.54. The first kappa shape index (κ1) is 22.1. The van der Waals surface area contributed by atoms with Gasteiger partial charge in [0.05, 0.1) is 19.4 Å². The number of nitrogens with zero attached hydrogens (tertiary/aromatic N) is 3. The van der Waals surface area contributed by atoms with Crippen LogP contribution in [0.1, 0.15) is 18.5 Å². The summed E-state index contributed by atoms with van der Waals surface area (Å²) >= 11 is 0.